The molecular weight excluding hydrogens is 863 g/mol. The Bertz CT molecular complexity index is 2720. The van der Waals surface area contributed by atoms with Crippen LogP contribution in [0.15, 0.2) is 49.3 Å². The Labute approximate surface area is 376 Å². The van der Waals surface area contributed by atoms with Gasteiger partial charge in [-0.25, -0.2) is 24.5 Å². The fraction of sp³-hybridized carbons (Fsp3) is 0.390. The molecule has 0 aromatic carbocycles. The number of carboxylic acid groups (broad SMARTS) is 1. The Hall–Kier alpha value is -8.25. The zero-order chi connectivity index (χ0) is 48.2. The van der Waals surface area contributed by atoms with Gasteiger partial charge in [-0.1, -0.05) is 0 Å². The highest BCUT2D eigenvalue weighted by Crippen LogP contribution is 2.39. The monoisotopic (exact) mass is 913 g/mol. The first-order valence-corrected chi connectivity index (χ1v) is 20.4. The van der Waals surface area contributed by atoms with Crippen molar-refractivity contribution < 1.29 is 48.2 Å². The van der Waals surface area contributed by atoms with Crippen LogP contribution in [0.4, 0.5) is 39.4 Å². The van der Waals surface area contributed by atoms with Crippen molar-refractivity contribution in [3.63, 3.8) is 0 Å². The van der Waals surface area contributed by atoms with Crippen molar-refractivity contribution >= 4 is 82.2 Å². The quantitative estimate of drug-likeness (QED) is 0.0750. The number of ether oxygens (including phenoxy) is 1. The smallest absolute Gasteiger partial charge is 0.410 e. The third kappa shape index (κ3) is 11.7. The van der Waals surface area contributed by atoms with E-state index in [0.29, 0.717) is 23.0 Å². The lowest BCUT2D eigenvalue weighted by atomic mass is 9.73. The number of hydrogen-bond acceptors (Lipinski definition) is 12. The molecule has 1 fully saturated rings. The van der Waals surface area contributed by atoms with E-state index < -0.39 is 58.5 Å². The first-order chi connectivity index (χ1) is 31.0. The van der Waals surface area contributed by atoms with Crippen LogP contribution in [0.5, 0.6) is 0 Å². The van der Waals surface area contributed by atoms with E-state index >= 15 is 0 Å². The highest BCUT2D eigenvalue weighted by atomic mass is 16.6. The minimum Gasteiger partial charge on any atom is -0.475 e. The van der Waals surface area contributed by atoms with Crippen molar-refractivity contribution in [1.82, 2.24) is 42.7 Å². The van der Waals surface area contributed by atoms with Gasteiger partial charge in [-0.2, -0.15) is 0 Å². The average molecular weight is 914 g/mol. The number of amides is 7. The number of carbonyl (C=O) groups is 8. The zero-order valence-electron chi connectivity index (χ0n) is 37.5. The van der Waals surface area contributed by atoms with Gasteiger partial charge in [0.1, 0.15) is 17.2 Å². The summed E-state index contributed by atoms with van der Waals surface area (Å²) in [7, 11) is 8.02. The minimum atomic E-state index is -1.28. The number of nitrogens with zero attached hydrogens (tertiary/aromatic N) is 9. The molecule has 350 valence electrons. The van der Waals surface area contributed by atoms with Crippen molar-refractivity contribution in [1.29, 1.82) is 0 Å². The Morgan fingerprint density at radius 1 is 0.621 bits per heavy atom. The molecule has 1 saturated heterocycles. The standard InChI is InChI=1S/C41H51N15O10/c1-40(2,3)66-39(65)56-21-41(22-56,15-31(59)46-26-20-55(8)35(48-26)38(63)64)16-32(60)50-28-14-24(18-53(28)6)44-37(62)34-47-25(19-54(34)7)45-29(57)9-10-30(58)49-27-13-23(17-52(27)5)43-36(61)33-42-11-12-51(33)4/h11-14,17-20H,9-10,15-16,21-22H2,1-8H3,(H,43,61)(H,44,62)(H,45,57)(H,46,59)(H,49,58)(H,50,60)(H,63,64). The fourth-order valence-corrected chi connectivity index (χ4v) is 7.13. The van der Waals surface area contributed by atoms with Crippen molar-refractivity contribution in [2.45, 2.75) is 52.1 Å². The predicted octanol–water partition coefficient (Wildman–Crippen LogP) is 2.72. The Morgan fingerprint density at radius 3 is 1.59 bits per heavy atom. The first kappa shape index (κ1) is 47.2. The van der Waals surface area contributed by atoms with Crippen molar-refractivity contribution in [2.24, 2.45) is 40.7 Å². The van der Waals surface area contributed by atoms with Crippen LogP contribution in [0.3, 0.4) is 0 Å². The van der Waals surface area contributed by atoms with Crippen LogP contribution in [0.25, 0.3) is 0 Å². The number of nitrogens with one attached hydrogen (secondary N) is 6. The van der Waals surface area contributed by atoms with E-state index in [9.17, 15) is 43.5 Å². The van der Waals surface area contributed by atoms with Crippen LogP contribution in [0, 0.1) is 5.41 Å². The Kier molecular flexibility index (Phi) is 13.5. The highest BCUT2D eigenvalue weighted by molar-refractivity contribution is 6.04. The molecule has 0 unspecified atom stereocenters. The lowest BCUT2D eigenvalue weighted by Gasteiger charge is -2.49. The molecule has 7 N–H and O–H groups in total. The lowest BCUT2D eigenvalue weighted by molar-refractivity contribution is -0.128. The summed E-state index contributed by atoms with van der Waals surface area (Å²) in [6.07, 6.45) is 7.70. The van der Waals surface area contributed by atoms with Crippen LogP contribution >= 0.6 is 0 Å². The molecule has 0 spiro atoms. The number of anilines is 6. The molecule has 0 saturated carbocycles. The minimum absolute atomic E-state index is 0.0110. The molecule has 1 aliphatic heterocycles. The SMILES string of the molecule is Cn1cc(NC(=O)c2nccn2C)cc1NC(=O)CCC(=O)Nc1cn(C)c(C(=O)Nc2cc(NC(=O)CC3(CC(=O)Nc4cn(C)c(C(=O)O)n4)CN(C(=O)OC(C)(C)C)C3)n(C)c2)n1. The van der Waals surface area contributed by atoms with E-state index in [1.165, 1.54) is 45.7 Å². The molecular formula is C41H51N15O10. The molecule has 66 heavy (non-hydrogen) atoms. The van der Waals surface area contributed by atoms with Crippen LogP contribution in [0.2, 0.25) is 0 Å². The van der Waals surface area contributed by atoms with Crippen molar-refractivity contribution in [3.05, 3.63) is 66.8 Å². The number of imidazole rings is 3. The molecule has 7 amide bonds. The normalized spacial score (nSPS) is 13.0. The molecule has 6 rings (SSSR count). The topological polar surface area (TPSA) is 305 Å². The maximum Gasteiger partial charge on any atom is 0.410 e. The Balaban J connectivity index is 1.00. The second-order valence-corrected chi connectivity index (χ2v) is 17.0. The van der Waals surface area contributed by atoms with Gasteiger partial charge < -0.3 is 69.5 Å². The summed E-state index contributed by atoms with van der Waals surface area (Å²) in [4.78, 5) is 116. The van der Waals surface area contributed by atoms with E-state index in [1.54, 1.807) is 87.3 Å². The van der Waals surface area contributed by atoms with Gasteiger partial charge in [-0.15, -0.1) is 0 Å². The van der Waals surface area contributed by atoms with E-state index in [2.05, 4.69) is 46.9 Å². The zero-order valence-corrected chi connectivity index (χ0v) is 37.5. The molecule has 1 aliphatic rings. The number of carbonyl (C=O) groups excluding carboxylic acids is 7. The number of rotatable bonds is 16. The summed E-state index contributed by atoms with van der Waals surface area (Å²) in [5.74, 6) is -3.73. The summed E-state index contributed by atoms with van der Waals surface area (Å²) in [5, 5.41) is 25.4. The van der Waals surface area contributed by atoms with Gasteiger partial charge >= 0.3 is 12.1 Å². The fourth-order valence-electron chi connectivity index (χ4n) is 7.13. The summed E-state index contributed by atoms with van der Waals surface area (Å²) in [5.41, 5.74) is -1.06. The van der Waals surface area contributed by atoms with Crippen LogP contribution < -0.4 is 31.9 Å². The average Bonchev–Trinajstić information content (AvgIpc) is 4.02. The number of aromatic carboxylic acids is 1. The predicted molar refractivity (Wildman–Crippen MR) is 237 cm³/mol. The number of hydrogen-bond donors (Lipinski definition) is 7. The summed E-state index contributed by atoms with van der Waals surface area (Å²) >= 11 is 0. The van der Waals surface area contributed by atoms with Crippen LogP contribution in [-0.4, -0.2) is 114 Å². The highest BCUT2D eigenvalue weighted by Gasteiger charge is 2.49. The number of likely N-dealkylation sites (tertiary alicyclic amines) is 1. The lowest BCUT2D eigenvalue weighted by Crippen LogP contribution is -2.61. The van der Waals surface area contributed by atoms with Gasteiger partial charge in [0.15, 0.2) is 17.5 Å². The van der Waals surface area contributed by atoms with Gasteiger partial charge in [0, 0.05) is 129 Å². The largest absolute Gasteiger partial charge is 0.475 e. The van der Waals surface area contributed by atoms with Gasteiger partial charge in [-0.05, 0) is 20.8 Å². The van der Waals surface area contributed by atoms with Gasteiger partial charge in [0.2, 0.25) is 35.3 Å². The number of aryl methyl sites for hydroxylation is 5. The van der Waals surface area contributed by atoms with E-state index in [4.69, 9.17) is 4.74 Å². The molecule has 5 aromatic rings. The summed E-state index contributed by atoms with van der Waals surface area (Å²) < 4.78 is 12.8. The molecule has 0 aliphatic carbocycles. The van der Waals surface area contributed by atoms with E-state index in [-0.39, 0.29) is 67.9 Å². The van der Waals surface area contributed by atoms with Crippen molar-refractivity contribution in [2.75, 3.05) is 45.0 Å². The van der Waals surface area contributed by atoms with Gasteiger partial charge in [0.25, 0.3) is 11.8 Å². The molecule has 5 aromatic heterocycles. The second-order valence-electron chi connectivity index (χ2n) is 17.0. The first-order valence-electron chi connectivity index (χ1n) is 20.4. The van der Waals surface area contributed by atoms with E-state index in [1.807, 2.05) is 0 Å². The maximum atomic E-state index is 13.5. The van der Waals surface area contributed by atoms with E-state index in [0.717, 1.165) is 0 Å². The number of aromatic nitrogens is 8. The van der Waals surface area contributed by atoms with Crippen molar-refractivity contribution in [3.8, 4) is 0 Å². The summed E-state index contributed by atoms with van der Waals surface area (Å²) in [6.45, 7) is 5.19. The molecule has 0 radical (unpaired) electrons. The number of carboxylic acids is 1. The molecule has 0 bridgehead atoms. The van der Waals surface area contributed by atoms with Gasteiger partial charge in [-0.3, -0.25) is 28.8 Å². The van der Waals surface area contributed by atoms with Crippen LogP contribution in [-0.2, 0) is 59.2 Å². The molecule has 6 heterocycles. The third-order valence-electron chi connectivity index (χ3n) is 10.1. The molecule has 25 heteroatoms. The third-order valence-corrected chi connectivity index (χ3v) is 10.1. The maximum absolute atomic E-state index is 13.5. The summed E-state index contributed by atoms with van der Waals surface area (Å²) in [6, 6.07) is 3.08. The Morgan fingerprint density at radius 2 is 1.09 bits per heavy atom. The van der Waals surface area contributed by atoms with Crippen LogP contribution in [0.1, 0.15) is 78.3 Å². The second kappa shape index (κ2) is 18.8. The molecule has 0 atom stereocenters. The molecule has 25 nitrogen and oxygen atoms in total. The van der Waals surface area contributed by atoms with Gasteiger partial charge in [0.05, 0.1) is 11.4 Å².